The highest BCUT2D eigenvalue weighted by atomic mass is 19.1. The average Bonchev–Trinajstić information content (AvgIpc) is 2.53. The molecule has 0 heterocycles. The van der Waals surface area contributed by atoms with Gasteiger partial charge in [0.1, 0.15) is 11.6 Å². The molecule has 2 N–H and O–H groups in total. The van der Waals surface area contributed by atoms with Crippen LogP contribution in [0.4, 0.5) is 4.39 Å². The van der Waals surface area contributed by atoms with E-state index in [9.17, 15) is 14.3 Å². The second kappa shape index (κ2) is 8.29. The Bertz CT molecular complexity index is 643. The molecule has 0 aliphatic heterocycles. The monoisotopic (exact) mass is 317 g/mol. The van der Waals surface area contributed by atoms with Crippen LogP contribution in [-0.2, 0) is 4.79 Å². The lowest BCUT2D eigenvalue weighted by Gasteiger charge is -2.12. The predicted molar refractivity (Wildman–Crippen MR) is 85.7 cm³/mol. The molecule has 0 bridgehead atoms. The lowest BCUT2D eigenvalue weighted by atomic mass is 10.1. The highest BCUT2D eigenvalue weighted by Crippen LogP contribution is 2.16. The zero-order valence-electron chi connectivity index (χ0n) is 13.0. The Balaban J connectivity index is 1.69. The maximum atomic E-state index is 12.8. The van der Waals surface area contributed by atoms with Gasteiger partial charge in [0.25, 0.3) is 5.91 Å². The molecule has 0 aliphatic rings. The zero-order chi connectivity index (χ0) is 16.7. The van der Waals surface area contributed by atoms with E-state index in [0.717, 1.165) is 5.56 Å². The van der Waals surface area contributed by atoms with Gasteiger partial charge in [-0.05, 0) is 48.7 Å². The highest BCUT2D eigenvalue weighted by Gasteiger charge is 2.09. The first-order chi connectivity index (χ1) is 11.0. The molecule has 2 aromatic rings. The summed E-state index contributed by atoms with van der Waals surface area (Å²) in [4.78, 5) is 11.7. The molecule has 2 rings (SSSR count). The molecule has 0 aliphatic carbocycles. The normalized spacial score (nSPS) is 11.8. The minimum Gasteiger partial charge on any atom is -0.484 e. The first-order valence-electron chi connectivity index (χ1n) is 7.44. The summed E-state index contributed by atoms with van der Waals surface area (Å²) in [5, 5.41) is 12.6. The molecule has 122 valence electrons. The molecule has 1 unspecified atom stereocenters. The Labute approximate surface area is 134 Å². The van der Waals surface area contributed by atoms with Gasteiger partial charge in [-0.2, -0.15) is 0 Å². The summed E-state index contributed by atoms with van der Waals surface area (Å²) in [6.45, 7) is 2.19. The molecule has 1 amide bonds. The number of hydrogen-bond acceptors (Lipinski definition) is 3. The highest BCUT2D eigenvalue weighted by molar-refractivity contribution is 5.77. The van der Waals surface area contributed by atoms with Gasteiger partial charge < -0.3 is 15.2 Å². The van der Waals surface area contributed by atoms with Crippen LogP contribution in [0.1, 0.15) is 23.7 Å². The molecule has 1 atom stereocenters. The Morgan fingerprint density at radius 1 is 1.26 bits per heavy atom. The minimum absolute atomic E-state index is 0.0733. The summed E-state index contributed by atoms with van der Waals surface area (Å²) in [6.07, 6.45) is -0.393. The molecular weight excluding hydrogens is 297 g/mol. The Kier molecular flexibility index (Phi) is 6.11. The summed E-state index contributed by atoms with van der Waals surface area (Å²) in [7, 11) is 0. The van der Waals surface area contributed by atoms with Crippen molar-refractivity contribution in [2.45, 2.75) is 19.4 Å². The third-order valence-corrected chi connectivity index (χ3v) is 3.35. The number of aliphatic hydroxyl groups excluding tert-OH is 1. The summed E-state index contributed by atoms with van der Waals surface area (Å²) in [5.41, 5.74) is 1.68. The second-order valence-corrected chi connectivity index (χ2v) is 5.31. The van der Waals surface area contributed by atoms with Crippen molar-refractivity contribution in [2.75, 3.05) is 13.2 Å². The van der Waals surface area contributed by atoms with Crippen LogP contribution < -0.4 is 10.1 Å². The molecule has 0 saturated carbocycles. The van der Waals surface area contributed by atoms with Crippen molar-refractivity contribution in [3.05, 3.63) is 65.5 Å². The minimum atomic E-state index is -0.742. The quantitative estimate of drug-likeness (QED) is 0.825. The van der Waals surface area contributed by atoms with Gasteiger partial charge in [0, 0.05) is 6.54 Å². The fourth-order valence-electron chi connectivity index (χ4n) is 2.10. The van der Waals surface area contributed by atoms with Crippen LogP contribution >= 0.6 is 0 Å². The predicted octanol–water partition coefficient (Wildman–Crippen LogP) is 2.75. The van der Waals surface area contributed by atoms with Crippen LogP contribution in [0.5, 0.6) is 5.75 Å². The molecule has 0 fully saturated rings. The maximum absolute atomic E-state index is 12.8. The van der Waals surface area contributed by atoms with Crippen LogP contribution in [0.3, 0.4) is 0 Å². The van der Waals surface area contributed by atoms with E-state index in [4.69, 9.17) is 4.74 Å². The van der Waals surface area contributed by atoms with E-state index in [0.29, 0.717) is 24.3 Å². The summed E-state index contributed by atoms with van der Waals surface area (Å²) < 4.78 is 18.2. The zero-order valence-corrected chi connectivity index (χ0v) is 13.0. The van der Waals surface area contributed by atoms with Gasteiger partial charge >= 0.3 is 0 Å². The topological polar surface area (TPSA) is 58.6 Å². The molecule has 0 spiro atoms. The van der Waals surface area contributed by atoms with E-state index in [-0.39, 0.29) is 18.3 Å². The summed E-state index contributed by atoms with van der Waals surface area (Å²) in [6, 6.07) is 13.1. The van der Waals surface area contributed by atoms with E-state index in [1.165, 1.54) is 24.3 Å². The number of carbonyl (C=O) groups excluding carboxylic acids is 1. The van der Waals surface area contributed by atoms with Crippen molar-refractivity contribution in [1.82, 2.24) is 5.32 Å². The number of ether oxygens (including phenoxy) is 1. The van der Waals surface area contributed by atoms with E-state index >= 15 is 0 Å². The lowest BCUT2D eigenvalue weighted by Crippen LogP contribution is -2.30. The fraction of sp³-hybridized carbons (Fsp3) is 0.278. The number of benzene rings is 2. The summed E-state index contributed by atoms with van der Waals surface area (Å²) >= 11 is 0. The van der Waals surface area contributed by atoms with Gasteiger partial charge in [-0.1, -0.05) is 24.3 Å². The standard InChI is InChI=1S/C18H20FNO3/c1-13-3-2-4-16(11-13)23-12-18(22)20-10-9-17(21)14-5-7-15(19)8-6-14/h2-8,11,17,21H,9-10,12H2,1H3,(H,20,22). The molecule has 0 radical (unpaired) electrons. The molecule has 5 heteroatoms. The van der Waals surface area contributed by atoms with E-state index in [1.807, 2.05) is 25.1 Å². The number of amides is 1. The first-order valence-corrected chi connectivity index (χ1v) is 7.44. The number of halogens is 1. The van der Waals surface area contributed by atoms with Crippen molar-refractivity contribution in [2.24, 2.45) is 0 Å². The molecule has 2 aromatic carbocycles. The van der Waals surface area contributed by atoms with Crippen molar-refractivity contribution in [1.29, 1.82) is 0 Å². The summed E-state index contributed by atoms with van der Waals surface area (Å²) in [5.74, 6) is 0.0480. The Morgan fingerprint density at radius 3 is 2.70 bits per heavy atom. The number of hydrogen-bond donors (Lipinski definition) is 2. The fourth-order valence-corrected chi connectivity index (χ4v) is 2.10. The number of aliphatic hydroxyl groups is 1. The van der Waals surface area contributed by atoms with E-state index in [2.05, 4.69) is 5.32 Å². The first kappa shape index (κ1) is 17.0. The third kappa shape index (κ3) is 5.71. The number of rotatable bonds is 7. The largest absolute Gasteiger partial charge is 0.484 e. The average molecular weight is 317 g/mol. The second-order valence-electron chi connectivity index (χ2n) is 5.31. The van der Waals surface area contributed by atoms with Crippen molar-refractivity contribution >= 4 is 5.91 Å². The van der Waals surface area contributed by atoms with Gasteiger partial charge in [-0.25, -0.2) is 4.39 Å². The smallest absolute Gasteiger partial charge is 0.257 e. The van der Waals surface area contributed by atoms with Crippen molar-refractivity contribution in [3.63, 3.8) is 0 Å². The number of nitrogens with one attached hydrogen (secondary N) is 1. The van der Waals surface area contributed by atoms with E-state index in [1.54, 1.807) is 6.07 Å². The number of carbonyl (C=O) groups is 1. The number of aryl methyl sites for hydroxylation is 1. The Hall–Kier alpha value is -2.40. The van der Waals surface area contributed by atoms with Gasteiger partial charge in [0.2, 0.25) is 0 Å². The van der Waals surface area contributed by atoms with Gasteiger partial charge in [-0.3, -0.25) is 4.79 Å². The Morgan fingerprint density at radius 2 is 2.00 bits per heavy atom. The van der Waals surface area contributed by atoms with Crippen LogP contribution in [-0.4, -0.2) is 24.2 Å². The van der Waals surface area contributed by atoms with Gasteiger partial charge in [0.05, 0.1) is 6.10 Å². The maximum Gasteiger partial charge on any atom is 0.257 e. The van der Waals surface area contributed by atoms with E-state index < -0.39 is 6.10 Å². The third-order valence-electron chi connectivity index (χ3n) is 3.35. The molecule has 0 aromatic heterocycles. The van der Waals surface area contributed by atoms with Gasteiger partial charge in [-0.15, -0.1) is 0 Å². The molecule has 0 saturated heterocycles. The lowest BCUT2D eigenvalue weighted by molar-refractivity contribution is -0.123. The van der Waals surface area contributed by atoms with Crippen LogP contribution in [0.15, 0.2) is 48.5 Å². The molecule has 23 heavy (non-hydrogen) atoms. The SMILES string of the molecule is Cc1cccc(OCC(=O)NCCC(O)c2ccc(F)cc2)c1. The van der Waals surface area contributed by atoms with Crippen LogP contribution in [0, 0.1) is 12.7 Å². The molecular formula is C18H20FNO3. The molecule has 4 nitrogen and oxygen atoms in total. The van der Waals surface area contributed by atoms with Crippen LogP contribution in [0.2, 0.25) is 0 Å². The van der Waals surface area contributed by atoms with Crippen molar-refractivity contribution in [3.8, 4) is 5.75 Å². The van der Waals surface area contributed by atoms with Gasteiger partial charge in [0.15, 0.2) is 6.61 Å². The van der Waals surface area contributed by atoms with Crippen LogP contribution in [0.25, 0.3) is 0 Å². The van der Waals surface area contributed by atoms with Crippen molar-refractivity contribution < 1.29 is 19.0 Å².